The fraction of sp³-hybridized carbons (Fsp3) is 0.0667. The van der Waals surface area contributed by atoms with Crippen molar-refractivity contribution in [3.8, 4) is 0 Å². The Labute approximate surface area is 101 Å². The minimum Gasteiger partial charge on any atom is -0.287 e. The van der Waals surface area contributed by atoms with Gasteiger partial charge in [0.1, 0.15) is 5.70 Å². The SMILES string of the molecule is C=NC1=C(C(=C)C)C(=C)c2ccccc2C1=O. The third-order valence-corrected chi connectivity index (χ3v) is 2.84. The molecule has 1 aliphatic rings. The highest BCUT2D eigenvalue weighted by atomic mass is 16.1. The lowest BCUT2D eigenvalue weighted by Gasteiger charge is -2.21. The van der Waals surface area contributed by atoms with Gasteiger partial charge < -0.3 is 0 Å². The molecule has 0 spiro atoms. The van der Waals surface area contributed by atoms with Crippen molar-refractivity contribution in [2.75, 3.05) is 0 Å². The summed E-state index contributed by atoms with van der Waals surface area (Å²) in [6.07, 6.45) is 0. The van der Waals surface area contributed by atoms with Crippen LogP contribution in [0.1, 0.15) is 22.8 Å². The number of allylic oxidation sites excluding steroid dienone is 4. The number of nitrogens with zero attached hydrogens (tertiary/aromatic N) is 1. The first-order valence-electron chi connectivity index (χ1n) is 5.28. The van der Waals surface area contributed by atoms with Crippen molar-refractivity contribution in [1.29, 1.82) is 0 Å². The monoisotopic (exact) mass is 223 g/mol. The van der Waals surface area contributed by atoms with E-state index in [2.05, 4.69) is 24.9 Å². The first kappa shape index (κ1) is 11.3. The van der Waals surface area contributed by atoms with Gasteiger partial charge in [0.25, 0.3) is 0 Å². The number of carbonyl (C=O) groups is 1. The first-order chi connectivity index (χ1) is 8.07. The second-order valence-electron chi connectivity index (χ2n) is 4.02. The summed E-state index contributed by atoms with van der Waals surface area (Å²) in [4.78, 5) is 16.1. The van der Waals surface area contributed by atoms with E-state index in [1.54, 1.807) is 6.07 Å². The van der Waals surface area contributed by atoms with E-state index >= 15 is 0 Å². The normalized spacial score (nSPS) is 14.6. The van der Waals surface area contributed by atoms with Crippen molar-refractivity contribution >= 4 is 18.1 Å². The Balaban J connectivity index is 2.77. The number of aliphatic imine (C=N–C) groups is 1. The maximum absolute atomic E-state index is 12.2. The summed E-state index contributed by atoms with van der Waals surface area (Å²) in [6.45, 7) is 13.2. The summed E-state index contributed by atoms with van der Waals surface area (Å²) in [5.74, 6) is -0.110. The molecule has 0 amide bonds. The highest BCUT2D eigenvalue weighted by Crippen LogP contribution is 2.37. The van der Waals surface area contributed by atoms with Crippen LogP contribution in [0.2, 0.25) is 0 Å². The number of rotatable bonds is 2. The largest absolute Gasteiger partial charge is 0.287 e. The molecule has 0 saturated carbocycles. The second kappa shape index (κ2) is 3.98. The van der Waals surface area contributed by atoms with Gasteiger partial charge in [-0.05, 0) is 30.4 Å². The number of ketones is 1. The number of carbonyl (C=O) groups excluding carboxylic acids is 1. The molecule has 1 aromatic carbocycles. The van der Waals surface area contributed by atoms with Gasteiger partial charge in [-0.15, -0.1) is 0 Å². The summed E-state index contributed by atoms with van der Waals surface area (Å²) in [7, 11) is 0. The summed E-state index contributed by atoms with van der Waals surface area (Å²) in [5.41, 5.74) is 4.10. The van der Waals surface area contributed by atoms with Crippen LogP contribution in [0.4, 0.5) is 0 Å². The molecule has 17 heavy (non-hydrogen) atoms. The van der Waals surface area contributed by atoms with E-state index in [4.69, 9.17) is 0 Å². The van der Waals surface area contributed by atoms with E-state index in [0.29, 0.717) is 16.8 Å². The summed E-state index contributed by atoms with van der Waals surface area (Å²) >= 11 is 0. The molecule has 0 aromatic heterocycles. The summed E-state index contributed by atoms with van der Waals surface area (Å²) < 4.78 is 0. The average Bonchev–Trinajstić information content (AvgIpc) is 2.33. The van der Waals surface area contributed by atoms with Crippen LogP contribution in [-0.2, 0) is 0 Å². The fourth-order valence-electron chi connectivity index (χ4n) is 2.07. The van der Waals surface area contributed by atoms with Gasteiger partial charge in [0.15, 0.2) is 0 Å². The van der Waals surface area contributed by atoms with E-state index in [0.717, 1.165) is 16.7 Å². The molecule has 0 radical (unpaired) electrons. The van der Waals surface area contributed by atoms with Gasteiger partial charge in [-0.25, -0.2) is 0 Å². The molecule has 0 aliphatic heterocycles. The minimum absolute atomic E-state index is 0.110. The Kier molecular flexibility index (Phi) is 2.64. The van der Waals surface area contributed by atoms with E-state index in [1.807, 2.05) is 25.1 Å². The molecule has 1 aromatic rings. The topological polar surface area (TPSA) is 29.4 Å². The lowest BCUT2D eigenvalue weighted by molar-refractivity contribution is 0.103. The number of Topliss-reactive ketones (excluding diaryl/α,β-unsaturated/α-hetero) is 1. The molecule has 2 rings (SSSR count). The van der Waals surface area contributed by atoms with Gasteiger partial charge >= 0.3 is 0 Å². The molecular weight excluding hydrogens is 210 g/mol. The number of hydrogen-bond donors (Lipinski definition) is 0. The Hall–Kier alpha value is -2.22. The maximum Gasteiger partial charge on any atom is 0.212 e. The Bertz CT molecular complexity index is 591. The lowest BCUT2D eigenvalue weighted by Crippen LogP contribution is -2.14. The third kappa shape index (κ3) is 1.58. The van der Waals surface area contributed by atoms with Gasteiger partial charge in [-0.2, -0.15) is 0 Å². The zero-order valence-corrected chi connectivity index (χ0v) is 9.79. The molecule has 0 N–H and O–H groups in total. The summed E-state index contributed by atoms with van der Waals surface area (Å²) in [6, 6.07) is 7.39. The van der Waals surface area contributed by atoms with Gasteiger partial charge in [-0.1, -0.05) is 37.4 Å². The van der Waals surface area contributed by atoms with E-state index in [-0.39, 0.29) is 5.78 Å². The molecule has 1 aliphatic carbocycles. The van der Waals surface area contributed by atoms with Crippen LogP contribution in [0.5, 0.6) is 0 Å². The molecule has 2 heteroatoms. The quantitative estimate of drug-likeness (QED) is 0.706. The Morgan fingerprint density at radius 1 is 1.24 bits per heavy atom. The standard InChI is InChI=1S/C15H13NO/c1-9(2)13-10(3)11-7-5-6-8-12(11)15(17)14(13)16-4/h5-8H,1,3-4H2,2H3. The number of hydrogen-bond acceptors (Lipinski definition) is 2. The van der Waals surface area contributed by atoms with Crippen LogP contribution < -0.4 is 0 Å². The fourth-order valence-corrected chi connectivity index (χ4v) is 2.07. The first-order valence-corrected chi connectivity index (χ1v) is 5.28. The molecule has 0 saturated heterocycles. The van der Waals surface area contributed by atoms with Crippen molar-refractivity contribution in [3.05, 3.63) is 65.4 Å². The molecule has 0 atom stereocenters. The van der Waals surface area contributed by atoms with Crippen LogP contribution in [0, 0.1) is 0 Å². The van der Waals surface area contributed by atoms with Crippen molar-refractivity contribution in [2.45, 2.75) is 6.92 Å². The number of fused-ring (bicyclic) bond motifs is 1. The second-order valence-corrected chi connectivity index (χ2v) is 4.02. The zero-order valence-electron chi connectivity index (χ0n) is 9.79. The number of benzene rings is 1. The van der Waals surface area contributed by atoms with E-state index in [9.17, 15) is 4.79 Å². The average molecular weight is 223 g/mol. The molecule has 2 nitrogen and oxygen atoms in total. The van der Waals surface area contributed by atoms with E-state index in [1.165, 1.54) is 0 Å². The predicted molar refractivity (Wildman–Crippen MR) is 71.2 cm³/mol. The predicted octanol–water partition coefficient (Wildman–Crippen LogP) is 3.43. The Morgan fingerprint density at radius 3 is 2.35 bits per heavy atom. The van der Waals surface area contributed by atoms with E-state index < -0.39 is 0 Å². The summed E-state index contributed by atoms with van der Waals surface area (Å²) in [5, 5.41) is 0. The maximum atomic E-state index is 12.2. The van der Waals surface area contributed by atoms with Gasteiger partial charge in [0, 0.05) is 11.1 Å². The van der Waals surface area contributed by atoms with Crippen LogP contribution in [0.15, 0.2) is 59.3 Å². The van der Waals surface area contributed by atoms with Gasteiger partial charge in [0.2, 0.25) is 5.78 Å². The van der Waals surface area contributed by atoms with Crippen molar-refractivity contribution in [3.63, 3.8) is 0 Å². The third-order valence-electron chi connectivity index (χ3n) is 2.84. The van der Waals surface area contributed by atoms with Crippen LogP contribution in [0.25, 0.3) is 5.57 Å². The van der Waals surface area contributed by atoms with Crippen molar-refractivity contribution in [1.82, 2.24) is 0 Å². The van der Waals surface area contributed by atoms with Crippen molar-refractivity contribution < 1.29 is 4.79 Å². The molecule has 84 valence electrons. The van der Waals surface area contributed by atoms with Crippen LogP contribution in [0.3, 0.4) is 0 Å². The molecule has 0 fully saturated rings. The van der Waals surface area contributed by atoms with Crippen molar-refractivity contribution in [2.24, 2.45) is 4.99 Å². The smallest absolute Gasteiger partial charge is 0.212 e. The Morgan fingerprint density at radius 2 is 1.82 bits per heavy atom. The highest BCUT2D eigenvalue weighted by Gasteiger charge is 2.27. The molecule has 0 bridgehead atoms. The lowest BCUT2D eigenvalue weighted by atomic mass is 9.82. The molecular formula is C15H13NO. The molecule has 0 unspecified atom stereocenters. The van der Waals surface area contributed by atoms with Crippen LogP contribution in [-0.4, -0.2) is 12.5 Å². The zero-order chi connectivity index (χ0) is 12.6. The highest BCUT2D eigenvalue weighted by molar-refractivity contribution is 6.18. The van der Waals surface area contributed by atoms with Gasteiger partial charge in [0.05, 0.1) is 0 Å². The minimum atomic E-state index is -0.110. The molecule has 0 heterocycles. The van der Waals surface area contributed by atoms with Gasteiger partial charge in [-0.3, -0.25) is 9.79 Å². The van der Waals surface area contributed by atoms with Crippen LogP contribution >= 0.6 is 0 Å².